The van der Waals surface area contributed by atoms with Gasteiger partial charge in [-0.2, -0.15) is 5.10 Å². The lowest BCUT2D eigenvalue weighted by molar-refractivity contribution is 0.0951. The second-order valence-corrected chi connectivity index (χ2v) is 6.91. The van der Waals surface area contributed by atoms with E-state index in [1.165, 1.54) is 13.3 Å². The fraction of sp³-hybridized carbons (Fsp3) is 0.0476. The van der Waals surface area contributed by atoms with Crippen LogP contribution in [0.15, 0.2) is 74.7 Å². The van der Waals surface area contributed by atoms with Crippen molar-refractivity contribution in [2.45, 2.75) is 0 Å². The molecule has 2 aromatic carbocycles. The Bertz CT molecular complexity index is 1160. The number of H-pyrrole nitrogens is 1. The Hall–Kier alpha value is -3.32. The summed E-state index contributed by atoms with van der Waals surface area (Å²) < 4.78 is 11.3. The van der Waals surface area contributed by atoms with Gasteiger partial charge in [0.1, 0.15) is 5.69 Å². The van der Waals surface area contributed by atoms with E-state index in [4.69, 9.17) is 9.15 Å². The van der Waals surface area contributed by atoms with Crippen LogP contribution >= 0.6 is 15.9 Å². The molecule has 2 N–H and O–H groups in total. The highest BCUT2D eigenvalue weighted by molar-refractivity contribution is 9.10. The van der Waals surface area contributed by atoms with E-state index >= 15 is 0 Å². The molecule has 0 atom stereocenters. The first-order valence-corrected chi connectivity index (χ1v) is 9.29. The molecule has 2 heterocycles. The quantitative estimate of drug-likeness (QED) is 0.341. The van der Waals surface area contributed by atoms with Gasteiger partial charge in [-0.3, -0.25) is 4.79 Å². The van der Waals surface area contributed by atoms with Crippen LogP contribution in [-0.4, -0.2) is 24.2 Å². The number of hydrogen-bond donors (Lipinski definition) is 2. The molecule has 0 aliphatic carbocycles. The van der Waals surface area contributed by atoms with Crippen LogP contribution < -0.4 is 10.2 Å². The van der Waals surface area contributed by atoms with Crippen molar-refractivity contribution in [3.05, 3.63) is 76.6 Å². The van der Waals surface area contributed by atoms with E-state index in [2.05, 4.69) is 31.4 Å². The average Bonchev–Trinajstić information content (AvgIpc) is 3.32. The summed E-state index contributed by atoms with van der Waals surface area (Å²) in [6, 6.07) is 19.0. The molecule has 140 valence electrons. The number of halogens is 1. The normalized spacial score (nSPS) is 11.2. The van der Waals surface area contributed by atoms with Crippen molar-refractivity contribution in [1.82, 2.24) is 10.4 Å². The molecule has 4 aromatic rings. The predicted molar refractivity (Wildman–Crippen MR) is 112 cm³/mol. The molecule has 28 heavy (non-hydrogen) atoms. The van der Waals surface area contributed by atoms with Crippen LogP contribution in [-0.2, 0) is 0 Å². The van der Waals surface area contributed by atoms with Crippen molar-refractivity contribution >= 4 is 39.0 Å². The van der Waals surface area contributed by atoms with E-state index in [9.17, 15) is 4.79 Å². The topological polar surface area (TPSA) is 79.6 Å². The number of aromatic nitrogens is 1. The molecule has 0 radical (unpaired) electrons. The van der Waals surface area contributed by atoms with Gasteiger partial charge in [-0.15, -0.1) is 0 Å². The van der Waals surface area contributed by atoms with Gasteiger partial charge in [0, 0.05) is 27.0 Å². The molecule has 1 amide bonds. The number of nitrogens with zero attached hydrogens (tertiary/aromatic N) is 1. The molecule has 6 nitrogen and oxygen atoms in total. The summed E-state index contributed by atoms with van der Waals surface area (Å²) in [5.41, 5.74) is 5.62. The number of nitrogens with one attached hydrogen (secondary N) is 2. The molecule has 0 saturated heterocycles. The molecule has 4 rings (SSSR count). The number of methoxy groups -OCH3 is 1. The molecular weight excluding hydrogens is 422 g/mol. The van der Waals surface area contributed by atoms with Crippen molar-refractivity contribution in [1.29, 1.82) is 0 Å². The number of ether oxygens (including phenoxy) is 1. The summed E-state index contributed by atoms with van der Waals surface area (Å²) in [6.07, 6.45) is 1.42. The van der Waals surface area contributed by atoms with Gasteiger partial charge in [0.2, 0.25) is 0 Å². The van der Waals surface area contributed by atoms with E-state index < -0.39 is 0 Å². The molecule has 2 aromatic heterocycles. The second-order valence-electron chi connectivity index (χ2n) is 5.99. The van der Waals surface area contributed by atoms with Gasteiger partial charge in [-0.25, -0.2) is 5.43 Å². The number of amides is 1. The highest BCUT2D eigenvalue weighted by Crippen LogP contribution is 2.34. The van der Waals surface area contributed by atoms with Gasteiger partial charge < -0.3 is 14.1 Å². The Balaban J connectivity index is 1.68. The number of hydrogen-bond acceptors (Lipinski definition) is 4. The average molecular weight is 438 g/mol. The summed E-state index contributed by atoms with van der Waals surface area (Å²) in [5, 5.41) is 4.93. The third-order valence-corrected chi connectivity index (χ3v) is 4.70. The Kier molecular flexibility index (Phi) is 4.99. The van der Waals surface area contributed by atoms with Gasteiger partial charge >= 0.3 is 0 Å². The molecule has 0 bridgehead atoms. The van der Waals surface area contributed by atoms with Crippen LogP contribution in [0.3, 0.4) is 0 Å². The smallest absolute Gasteiger partial charge is 0.288 e. The van der Waals surface area contributed by atoms with Crippen molar-refractivity contribution in [2.75, 3.05) is 7.11 Å². The number of hydrazone groups is 1. The summed E-state index contributed by atoms with van der Waals surface area (Å²) in [4.78, 5) is 16.0. The van der Waals surface area contributed by atoms with Gasteiger partial charge in [-0.1, -0.05) is 46.3 Å². The van der Waals surface area contributed by atoms with Crippen LogP contribution in [0.2, 0.25) is 0 Å². The first-order valence-electron chi connectivity index (χ1n) is 8.49. The van der Waals surface area contributed by atoms with Crippen molar-refractivity contribution in [3.8, 4) is 17.1 Å². The van der Waals surface area contributed by atoms with Gasteiger partial charge in [0.05, 0.1) is 13.3 Å². The zero-order valence-corrected chi connectivity index (χ0v) is 16.5. The van der Waals surface area contributed by atoms with E-state index in [1.54, 1.807) is 12.1 Å². The molecule has 0 saturated carbocycles. The summed E-state index contributed by atoms with van der Waals surface area (Å²) >= 11 is 3.50. The number of rotatable bonds is 5. The minimum atomic E-state index is -0.346. The molecule has 0 unspecified atom stereocenters. The largest absolute Gasteiger partial charge is 0.468 e. The maximum absolute atomic E-state index is 12.8. The zero-order valence-electron chi connectivity index (χ0n) is 14.9. The predicted octanol–water partition coefficient (Wildman–Crippen LogP) is 4.96. The van der Waals surface area contributed by atoms with Crippen LogP contribution in [0.25, 0.3) is 22.0 Å². The lowest BCUT2D eigenvalue weighted by atomic mass is 10.0. The second kappa shape index (κ2) is 7.74. The molecule has 0 aliphatic heterocycles. The Morgan fingerprint density at radius 1 is 1.18 bits per heavy atom. The first kappa shape index (κ1) is 18.1. The summed E-state index contributed by atoms with van der Waals surface area (Å²) in [7, 11) is 1.51. The number of benzene rings is 2. The van der Waals surface area contributed by atoms with Crippen molar-refractivity contribution in [2.24, 2.45) is 5.10 Å². The number of aromatic amines is 1. The Morgan fingerprint density at radius 3 is 2.75 bits per heavy atom. The van der Waals surface area contributed by atoms with E-state index in [0.29, 0.717) is 17.4 Å². The highest BCUT2D eigenvalue weighted by Gasteiger charge is 2.19. The maximum atomic E-state index is 12.8. The number of carbonyl (C=O) groups is 1. The van der Waals surface area contributed by atoms with Gasteiger partial charge in [-0.05, 0) is 29.8 Å². The van der Waals surface area contributed by atoms with Crippen molar-refractivity contribution < 1.29 is 13.9 Å². The molecular formula is C21H16BrN3O3. The number of carbonyl (C=O) groups excluding carboxylic acids is 1. The monoisotopic (exact) mass is 437 g/mol. The Morgan fingerprint density at radius 2 is 2.00 bits per heavy atom. The van der Waals surface area contributed by atoms with Crippen LogP contribution in [0.1, 0.15) is 16.2 Å². The lowest BCUT2D eigenvalue weighted by Gasteiger charge is -2.04. The number of furan rings is 1. The van der Waals surface area contributed by atoms with Crippen LogP contribution in [0.5, 0.6) is 5.95 Å². The summed E-state index contributed by atoms with van der Waals surface area (Å²) in [5.74, 6) is 0.502. The fourth-order valence-electron chi connectivity index (χ4n) is 2.96. The van der Waals surface area contributed by atoms with Gasteiger partial charge in [0.25, 0.3) is 11.9 Å². The van der Waals surface area contributed by atoms with Crippen LogP contribution in [0.4, 0.5) is 0 Å². The summed E-state index contributed by atoms with van der Waals surface area (Å²) in [6.45, 7) is 0. The molecule has 0 spiro atoms. The standard InChI is InChI=1S/C21H16BrN3O3/c1-27-18-10-8-15(28-18)12-23-25-21(26)20-19(13-5-3-2-4-6-13)16-11-14(22)7-9-17(16)24-20/h2-12,24H,1H3,(H,25,26)/b23-12+. The van der Waals surface area contributed by atoms with E-state index in [-0.39, 0.29) is 5.91 Å². The van der Waals surface area contributed by atoms with E-state index in [0.717, 1.165) is 26.5 Å². The fourth-order valence-corrected chi connectivity index (χ4v) is 3.32. The minimum Gasteiger partial charge on any atom is -0.468 e. The van der Waals surface area contributed by atoms with Crippen LogP contribution in [0, 0.1) is 0 Å². The molecule has 0 fully saturated rings. The molecule has 0 aliphatic rings. The third kappa shape index (κ3) is 3.57. The lowest BCUT2D eigenvalue weighted by Crippen LogP contribution is -2.18. The SMILES string of the molecule is COc1ccc(/C=N/NC(=O)c2[nH]c3ccc(Br)cc3c2-c2ccccc2)o1. The van der Waals surface area contributed by atoms with E-state index in [1.807, 2.05) is 48.5 Å². The Labute approximate surface area is 169 Å². The highest BCUT2D eigenvalue weighted by atomic mass is 79.9. The third-order valence-electron chi connectivity index (χ3n) is 4.21. The first-order chi connectivity index (χ1) is 13.7. The number of fused-ring (bicyclic) bond motifs is 1. The van der Waals surface area contributed by atoms with Crippen molar-refractivity contribution in [3.63, 3.8) is 0 Å². The minimum absolute atomic E-state index is 0.346. The maximum Gasteiger partial charge on any atom is 0.288 e. The zero-order chi connectivity index (χ0) is 19.5. The molecule has 7 heteroatoms. The van der Waals surface area contributed by atoms with Gasteiger partial charge in [0.15, 0.2) is 5.76 Å².